The first kappa shape index (κ1) is 28.5. The van der Waals surface area contributed by atoms with E-state index < -0.39 is 28.5 Å². The third kappa shape index (κ3) is 7.86. The van der Waals surface area contributed by atoms with Crippen molar-refractivity contribution in [3.63, 3.8) is 0 Å². The number of anilines is 1. The molecule has 2 atom stereocenters. The van der Waals surface area contributed by atoms with Crippen LogP contribution in [0.5, 0.6) is 5.75 Å². The molecule has 1 N–H and O–H groups in total. The lowest BCUT2D eigenvalue weighted by molar-refractivity contribution is -0.139. The molecule has 192 valence electrons. The highest BCUT2D eigenvalue weighted by Gasteiger charge is 2.30. The van der Waals surface area contributed by atoms with Crippen molar-refractivity contribution in [2.24, 2.45) is 0 Å². The van der Waals surface area contributed by atoms with E-state index in [0.717, 1.165) is 28.1 Å². The number of amides is 2. The van der Waals surface area contributed by atoms with Crippen LogP contribution in [0.3, 0.4) is 0 Å². The maximum atomic E-state index is 13.5. The predicted octanol–water partition coefficient (Wildman–Crippen LogP) is 3.76. The third-order valence-corrected chi connectivity index (χ3v) is 7.35. The fourth-order valence-corrected chi connectivity index (χ4v) is 4.34. The quantitative estimate of drug-likeness (QED) is 0.484. The Morgan fingerprint density at radius 3 is 2.26 bits per heavy atom. The Morgan fingerprint density at radius 1 is 1.11 bits per heavy atom. The molecule has 0 aliphatic carbocycles. The summed E-state index contributed by atoms with van der Waals surface area (Å²) in [5.41, 5.74) is 1.83. The van der Waals surface area contributed by atoms with Crippen LogP contribution < -0.4 is 14.4 Å². The van der Waals surface area contributed by atoms with E-state index in [0.29, 0.717) is 10.8 Å². The van der Waals surface area contributed by atoms with Crippen LogP contribution in [0, 0.1) is 6.92 Å². The minimum Gasteiger partial charge on any atom is -0.497 e. The molecule has 2 amide bonds. The molecule has 0 radical (unpaired) electrons. The number of benzene rings is 2. The van der Waals surface area contributed by atoms with Gasteiger partial charge in [0.2, 0.25) is 21.8 Å². The Labute approximate surface area is 213 Å². The summed E-state index contributed by atoms with van der Waals surface area (Å²) in [6, 6.07) is 11.0. The highest BCUT2D eigenvalue weighted by Crippen LogP contribution is 2.25. The molecule has 35 heavy (non-hydrogen) atoms. The summed E-state index contributed by atoms with van der Waals surface area (Å²) < 4.78 is 31.4. The molecular weight excluding hydrogens is 490 g/mol. The Hall–Kier alpha value is -2.78. The summed E-state index contributed by atoms with van der Waals surface area (Å²) in [6.07, 6.45) is 1.77. The van der Waals surface area contributed by atoms with Gasteiger partial charge in [0.15, 0.2) is 0 Å². The SMILES string of the molecule is CC[C@H](C)NC(=O)[C@H](C)N(Cc1ccc(OC)cc1)C(=O)CN(c1ccc(C)c(Cl)c1)S(C)(=O)=O. The van der Waals surface area contributed by atoms with E-state index in [4.69, 9.17) is 16.3 Å². The van der Waals surface area contributed by atoms with Crippen LogP contribution in [0.2, 0.25) is 5.02 Å². The lowest BCUT2D eigenvalue weighted by atomic mass is 10.1. The highest BCUT2D eigenvalue weighted by atomic mass is 35.5. The fourth-order valence-electron chi connectivity index (χ4n) is 3.33. The largest absolute Gasteiger partial charge is 0.497 e. The third-order valence-electron chi connectivity index (χ3n) is 5.80. The number of rotatable bonds is 11. The molecule has 0 saturated carbocycles. The van der Waals surface area contributed by atoms with Crippen molar-refractivity contribution in [2.45, 2.75) is 52.7 Å². The van der Waals surface area contributed by atoms with Crippen LogP contribution in [0.1, 0.15) is 38.3 Å². The number of sulfonamides is 1. The Bertz CT molecular complexity index is 1140. The summed E-state index contributed by atoms with van der Waals surface area (Å²) >= 11 is 6.21. The molecule has 2 aromatic rings. The van der Waals surface area contributed by atoms with Crippen molar-refractivity contribution in [1.82, 2.24) is 10.2 Å². The second kappa shape index (κ2) is 12.3. The average molecular weight is 524 g/mol. The first-order valence-electron chi connectivity index (χ1n) is 11.3. The van der Waals surface area contributed by atoms with Crippen molar-refractivity contribution in [1.29, 1.82) is 0 Å². The molecule has 0 aromatic heterocycles. The zero-order valence-corrected chi connectivity index (χ0v) is 22.6. The van der Waals surface area contributed by atoms with E-state index in [9.17, 15) is 18.0 Å². The number of ether oxygens (including phenoxy) is 1. The van der Waals surface area contributed by atoms with Crippen LogP contribution in [0.15, 0.2) is 42.5 Å². The van der Waals surface area contributed by atoms with Crippen LogP contribution >= 0.6 is 11.6 Å². The Kier molecular flexibility index (Phi) is 9.97. The van der Waals surface area contributed by atoms with Crippen molar-refractivity contribution >= 4 is 39.1 Å². The van der Waals surface area contributed by atoms with Crippen LogP contribution in [-0.2, 0) is 26.2 Å². The number of carbonyl (C=O) groups is 2. The van der Waals surface area contributed by atoms with E-state index in [1.807, 2.05) is 13.8 Å². The zero-order valence-electron chi connectivity index (χ0n) is 21.0. The van der Waals surface area contributed by atoms with Crippen molar-refractivity contribution in [3.05, 3.63) is 58.6 Å². The standard InChI is InChI=1S/C25H34ClN3O5S/c1-7-18(3)27-25(31)19(4)28(15-20-9-12-22(34-5)13-10-20)24(30)16-29(35(6,32)33)21-11-8-17(2)23(26)14-21/h8-14,18-19H,7,15-16H2,1-6H3,(H,27,31)/t18-,19-/m0/s1. The Morgan fingerprint density at radius 2 is 1.74 bits per heavy atom. The predicted molar refractivity (Wildman–Crippen MR) is 139 cm³/mol. The fraction of sp³-hybridized carbons (Fsp3) is 0.440. The number of carbonyl (C=O) groups excluding carboxylic acids is 2. The number of nitrogens with one attached hydrogen (secondary N) is 1. The molecule has 0 bridgehead atoms. The molecule has 0 heterocycles. The van der Waals surface area contributed by atoms with Gasteiger partial charge in [-0.05, 0) is 62.6 Å². The maximum absolute atomic E-state index is 13.5. The second-order valence-corrected chi connectivity index (χ2v) is 10.9. The van der Waals surface area contributed by atoms with Crippen molar-refractivity contribution in [3.8, 4) is 5.75 Å². The van der Waals surface area contributed by atoms with Crippen molar-refractivity contribution in [2.75, 3.05) is 24.2 Å². The van der Waals surface area contributed by atoms with Gasteiger partial charge in [-0.25, -0.2) is 8.42 Å². The molecule has 8 nitrogen and oxygen atoms in total. The first-order chi connectivity index (χ1) is 16.4. The summed E-state index contributed by atoms with van der Waals surface area (Å²) in [6.45, 7) is 6.90. The number of nitrogens with zero attached hydrogens (tertiary/aromatic N) is 2. The van der Waals surface area contributed by atoms with Gasteiger partial charge >= 0.3 is 0 Å². The summed E-state index contributed by atoms with van der Waals surface area (Å²) in [4.78, 5) is 27.8. The molecule has 0 unspecified atom stereocenters. The van der Waals surface area contributed by atoms with E-state index >= 15 is 0 Å². The van der Waals surface area contributed by atoms with E-state index in [2.05, 4.69) is 5.32 Å². The maximum Gasteiger partial charge on any atom is 0.244 e. The van der Waals surface area contributed by atoms with Gasteiger partial charge in [-0.2, -0.15) is 0 Å². The molecule has 0 spiro atoms. The summed E-state index contributed by atoms with van der Waals surface area (Å²) in [7, 11) is -2.26. The normalized spacial score (nSPS) is 13.0. The highest BCUT2D eigenvalue weighted by molar-refractivity contribution is 7.92. The first-order valence-corrected chi connectivity index (χ1v) is 13.6. The second-order valence-electron chi connectivity index (χ2n) is 8.57. The number of halogens is 1. The summed E-state index contributed by atoms with van der Waals surface area (Å²) in [5, 5.41) is 3.28. The van der Waals surface area contributed by atoms with Crippen LogP contribution in [0.25, 0.3) is 0 Å². The Balaban J connectivity index is 2.40. The zero-order chi connectivity index (χ0) is 26.3. The molecular formula is C25H34ClN3O5S. The van der Waals surface area contributed by atoms with Gasteiger partial charge in [-0.1, -0.05) is 36.7 Å². The topological polar surface area (TPSA) is 96.0 Å². The monoisotopic (exact) mass is 523 g/mol. The molecule has 2 rings (SSSR count). The summed E-state index contributed by atoms with van der Waals surface area (Å²) in [5.74, 6) is -0.172. The van der Waals surface area contributed by atoms with Gasteiger partial charge < -0.3 is 15.0 Å². The number of methoxy groups -OCH3 is 1. The van der Waals surface area contributed by atoms with Gasteiger partial charge in [0.05, 0.1) is 19.1 Å². The number of hydrogen-bond acceptors (Lipinski definition) is 5. The smallest absolute Gasteiger partial charge is 0.244 e. The molecule has 0 fully saturated rings. The van der Waals surface area contributed by atoms with Gasteiger partial charge in [-0.15, -0.1) is 0 Å². The average Bonchev–Trinajstić information content (AvgIpc) is 2.81. The molecule has 2 aromatic carbocycles. The lowest BCUT2D eigenvalue weighted by Crippen LogP contribution is -2.52. The minimum absolute atomic E-state index is 0.0647. The van der Waals surface area contributed by atoms with Gasteiger partial charge in [0, 0.05) is 17.6 Å². The molecule has 0 aliphatic heterocycles. The van der Waals surface area contributed by atoms with Crippen molar-refractivity contribution < 1.29 is 22.7 Å². The molecule has 0 aliphatic rings. The molecule has 0 saturated heterocycles. The number of hydrogen-bond donors (Lipinski definition) is 1. The van der Waals surface area contributed by atoms with Crippen LogP contribution in [-0.4, -0.2) is 57.1 Å². The van der Waals surface area contributed by atoms with Crippen LogP contribution in [0.4, 0.5) is 5.69 Å². The van der Waals surface area contributed by atoms with E-state index in [1.165, 1.54) is 11.0 Å². The minimum atomic E-state index is -3.82. The molecule has 10 heteroatoms. The van der Waals surface area contributed by atoms with Gasteiger partial charge in [0.1, 0.15) is 18.3 Å². The van der Waals surface area contributed by atoms with E-state index in [1.54, 1.807) is 57.4 Å². The van der Waals surface area contributed by atoms with Gasteiger partial charge in [0.25, 0.3) is 0 Å². The lowest BCUT2D eigenvalue weighted by Gasteiger charge is -2.32. The number of aryl methyl sites for hydroxylation is 1. The van der Waals surface area contributed by atoms with Gasteiger partial charge in [-0.3, -0.25) is 13.9 Å². The van der Waals surface area contributed by atoms with E-state index in [-0.39, 0.29) is 24.2 Å².